The summed E-state index contributed by atoms with van der Waals surface area (Å²) in [6.45, 7) is 2.71. The van der Waals surface area contributed by atoms with Gasteiger partial charge in [-0.25, -0.2) is 0 Å². The van der Waals surface area contributed by atoms with Gasteiger partial charge in [0.1, 0.15) is 5.82 Å². The number of carbonyl (C=O) groups is 1. The maximum Gasteiger partial charge on any atom is 0.258 e. The SMILES string of the molecule is CCCCOc1cccc(NC(=O)c2ccccc2Cl)n1. The highest BCUT2D eigenvalue weighted by Crippen LogP contribution is 2.17. The topological polar surface area (TPSA) is 51.2 Å². The molecule has 2 rings (SSSR count). The smallest absolute Gasteiger partial charge is 0.258 e. The molecule has 0 unspecified atom stereocenters. The van der Waals surface area contributed by atoms with Gasteiger partial charge in [-0.05, 0) is 24.6 Å². The lowest BCUT2D eigenvalue weighted by atomic mass is 10.2. The predicted octanol–water partition coefficient (Wildman–Crippen LogP) is 4.17. The number of nitrogens with zero attached hydrogens (tertiary/aromatic N) is 1. The van der Waals surface area contributed by atoms with Crippen molar-refractivity contribution in [1.29, 1.82) is 0 Å². The molecule has 1 N–H and O–H groups in total. The molecule has 4 nitrogen and oxygen atoms in total. The van der Waals surface area contributed by atoms with E-state index in [2.05, 4.69) is 17.2 Å². The summed E-state index contributed by atoms with van der Waals surface area (Å²) in [5.41, 5.74) is 0.415. The number of anilines is 1. The Balaban J connectivity index is 2.04. The van der Waals surface area contributed by atoms with Crippen LogP contribution in [0.2, 0.25) is 5.02 Å². The average Bonchev–Trinajstić information content (AvgIpc) is 2.48. The van der Waals surface area contributed by atoms with E-state index in [-0.39, 0.29) is 5.91 Å². The summed E-state index contributed by atoms with van der Waals surface area (Å²) < 4.78 is 5.51. The first-order valence-electron chi connectivity index (χ1n) is 6.86. The molecule has 0 saturated carbocycles. The van der Waals surface area contributed by atoms with Gasteiger partial charge in [0.05, 0.1) is 17.2 Å². The molecule has 0 fully saturated rings. The average molecular weight is 305 g/mol. The molecule has 1 heterocycles. The molecule has 1 aromatic carbocycles. The minimum Gasteiger partial charge on any atom is -0.478 e. The van der Waals surface area contributed by atoms with Gasteiger partial charge in [0, 0.05) is 6.07 Å². The molecule has 0 atom stereocenters. The van der Waals surface area contributed by atoms with Gasteiger partial charge in [-0.3, -0.25) is 4.79 Å². The summed E-state index contributed by atoms with van der Waals surface area (Å²) in [5, 5.41) is 3.12. The Bertz CT molecular complexity index is 617. The van der Waals surface area contributed by atoms with Crippen LogP contribution in [0.5, 0.6) is 5.88 Å². The number of ether oxygens (including phenoxy) is 1. The molecule has 21 heavy (non-hydrogen) atoms. The molecule has 0 saturated heterocycles. The summed E-state index contributed by atoms with van der Waals surface area (Å²) in [6.07, 6.45) is 2.03. The van der Waals surface area contributed by atoms with Gasteiger partial charge < -0.3 is 10.1 Å². The van der Waals surface area contributed by atoms with Gasteiger partial charge in [-0.15, -0.1) is 0 Å². The van der Waals surface area contributed by atoms with Gasteiger partial charge in [-0.1, -0.05) is 43.1 Å². The van der Waals surface area contributed by atoms with Crippen LogP contribution < -0.4 is 10.1 Å². The molecule has 0 aliphatic rings. The van der Waals surface area contributed by atoms with E-state index < -0.39 is 0 Å². The zero-order valence-electron chi connectivity index (χ0n) is 11.8. The van der Waals surface area contributed by atoms with Gasteiger partial charge >= 0.3 is 0 Å². The second-order valence-corrected chi connectivity index (χ2v) is 4.90. The molecule has 0 aliphatic heterocycles. The number of halogens is 1. The van der Waals surface area contributed by atoms with Gasteiger partial charge in [-0.2, -0.15) is 4.98 Å². The van der Waals surface area contributed by atoms with Crippen LogP contribution in [0.3, 0.4) is 0 Å². The van der Waals surface area contributed by atoms with E-state index >= 15 is 0 Å². The van der Waals surface area contributed by atoms with Crippen molar-refractivity contribution in [2.24, 2.45) is 0 Å². The number of hydrogen-bond donors (Lipinski definition) is 1. The number of hydrogen-bond acceptors (Lipinski definition) is 3. The van der Waals surface area contributed by atoms with Crippen molar-refractivity contribution in [1.82, 2.24) is 4.98 Å². The number of unbranched alkanes of at least 4 members (excludes halogenated alkanes) is 1. The van der Waals surface area contributed by atoms with Gasteiger partial charge in [0.2, 0.25) is 5.88 Å². The normalized spacial score (nSPS) is 10.2. The minimum atomic E-state index is -0.293. The Labute approximate surface area is 129 Å². The Morgan fingerprint density at radius 1 is 1.24 bits per heavy atom. The fraction of sp³-hybridized carbons (Fsp3) is 0.250. The molecule has 110 valence electrons. The lowest BCUT2D eigenvalue weighted by molar-refractivity contribution is 0.102. The van der Waals surface area contributed by atoms with E-state index in [1.165, 1.54) is 0 Å². The van der Waals surface area contributed by atoms with Crippen LogP contribution in [0.25, 0.3) is 0 Å². The lowest BCUT2D eigenvalue weighted by Crippen LogP contribution is -2.13. The van der Waals surface area contributed by atoms with Crippen LogP contribution in [0, 0.1) is 0 Å². The Morgan fingerprint density at radius 3 is 2.81 bits per heavy atom. The number of benzene rings is 1. The van der Waals surface area contributed by atoms with E-state index in [4.69, 9.17) is 16.3 Å². The summed E-state index contributed by atoms with van der Waals surface area (Å²) in [7, 11) is 0. The van der Waals surface area contributed by atoms with Crippen LogP contribution in [-0.2, 0) is 0 Å². The third kappa shape index (κ3) is 4.46. The minimum absolute atomic E-state index is 0.293. The number of amides is 1. The molecule has 0 bridgehead atoms. The third-order valence-electron chi connectivity index (χ3n) is 2.83. The Kier molecular flexibility index (Phi) is 5.58. The molecular weight excluding hydrogens is 288 g/mol. The maximum atomic E-state index is 12.1. The number of aromatic nitrogens is 1. The summed E-state index contributed by atoms with van der Waals surface area (Å²) >= 11 is 6.00. The standard InChI is InChI=1S/C16H17ClN2O2/c1-2-3-11-21-15-10-6-9-14(18-15)19-16(20)12-7-4-5-8-13(12)17/h4-10H,2-3,11H2,1H3,(H,18,19,20). The highest BCUT2D eigenvalue weighted by molar-refractivity contribution is 6.34. The zero-order chi connectivity index (χ0) is 15.1. The number of rotatable bonds is 6. The van der Waals surface area contributed by atoms with Crippen molar-refractivity contribution in [3.63, 3.8) is 0 Å². The Morgan fingerprint density at radius 2 is 2.05 bits per heavy atom. The highest BCUT2D eigenvalue weighted by atomic mass is 35.5. The lowest BCUT2D eigenvalue weighted by Gasteiger charge is -2.08. The quantitative estimate of drug-likeness (QED) is 0.815. The first kappa shape index (κ1) is 15.3. The Hall–Kier alpha value is -2.07. The molecule has 0 radical (unpaired) electrons. The van der Waals surface area contributed by atoms with E-state index in [1.54, 1.807) is 42.5 Å². The molecule has 5 heteroatoms. The van der Waals surface area contributed by atoms with E-state index in [9.17, 15) is 4.79 Å². The van der Waals surface area contributed by atoms with Gasteiger partial charge in [0.25, 0.3) is 5.91 Å². The van der Waals surface area contributed by atoms with Crippen LogP contribution >= 0.6 is 11.6 Å². The number of carbonyl (C=O) groups excluding carboxylic acids is 1. The molecular formula is C16H17ClN2O2. The summed E-state index contributed by atoms with van der Waals surface area (Å²) in [6, 6.07) is 12.1. The molecule has 0 spiro atoms. The zero-order valence-corrected chi connectivity index (χ0v) is 12.6. The van der Waals surface area contributed by atoms with Gasteiger partial charge in [0.15, 0.2) is 0 Å². The first-order valence-corrected chi connectivity index (χ1v) is 7.24. The number of nitrogens with one attached hydrogen (secondary N) is 1. The predicted molar refractivity (Wildman–Crippen MR) is 84.0 cm³/mol. The fourth-order valence-corrected chi connectivity index (χ4v) is 1.94. The third-order valence-corrected chi connectivity index (χ3v) is 3.16. The van der Waals surface area contributed by atoms with Crippen molar-refractivity contribution in [2.45, 2.75) is 19.8 Å². The second kappa shape index (κ2) is 7.64. The van der Waals surface area contributed by atoms with E-state index in [0.29, 0.717) is 28.9 Å². The van der Waals surface area contributed by atoms with E-state index in [0.717, 1.165) is 12.8 Å². The highest BCUT2D eigenvalue weighted by Gasteiger charge is 2.10. The maximum absolute atomic E-state index is 12.1. The van der Waals surface area contributed by atoms with Crippen molar-refractivity contribution in [3.05, 3.63) is 53.1 Å². The van der Waals surface area contributed by atoms with E-state index in [1.807, 2.05) is 0 Å². The van der Waals surface area contributed by atoms with Crippen LogP contribution in [-0.4, -0.2) is 17.5 Å². The molecule has 0 aliphatic carbocycles. The summed E-state index contributed by atoms with van der Waals surface area (Å²) in [5.74, 6) is 0.646. The van der Waals surface area contributed by atoms with Crippen molar-refractivity contribution < 1.29 is 9.53 Å². The van der Waals surface area contributed by atoms with Crippen LogP contribution in [0.1, 0.15) is 30.1 Å². The molecule has 2 aromatic rings. The largest absolute Gasteiger partial charge is 0.478 e. The summed E-state index contributed by atoms with van der Waals surface area (Å²) in [4.78, 5) is 16.4. The molecule has 1 aromatic heterocycles. The second-order valence-electron chi connectivity index (χ2n) is 4.50. The van der Waals surface area contributed by atoms with Crippen molar-refractivity contribution in [3.8, 4) is 5.88 Å². The van der Waals surface area contributed by atoms with Crippen molar-refractivity contribution >= 4 is 23.3 Å². The van der Waals surface area contributed by atoms with Crippen LogP contribution in [0.4, 0.5) is 5.82 Å². The number of pyridine rings is 1. The monoisotopic (exact) mass is 304 g/mol. The van der Waals surface area contributed by atoms with Crippen LogP contribution in [0.15, 0.2) is 42.5 Å². The fourth-order valence-electron chi connectivity index (χ4n) is 1.71. The molecule has 1 amide bonds. The van der Waals surface area contributed by atoms with Crippen molar-refractivity contribution in [2.75, 3.05) is 11.9 Å². The first-order chi connectivity index (χ1) is 10.2.